The Morgan fingerprint density at radius 2 is 2.18 bits per heavy atom. The van der Waals surface area contributed by atoms with Crippen molar-refractivity contribution in [2.45, 2.75) is 38.7 Å². The Kier molecular flexibility index (Phi) is 3.79. The lowest BCUT2D eigenvalue weighted by molar-refractivity contribution is -0.124. The molecule has 1 N–H and O–H groups in total. The van der Waals surface area contributed by atoms with E-state index in [2.05, 4.69) is 25.2 Å². The van der Waals surface area contributed by atoms with Crippen LogP contribution in [0.1, 0.15) is 38.2 Å². The van der Waals surface area contributed by atoms with Gasteiger partial charge >= 0.3 is 0 Å². The molecule has 0 radical (unpaired) electrons. The number of amides is 1. The number of anilines is 1. The summed E-state index contributed by atoms with van der Waals surface area (Å²) in [6.45, 7) is 4.94. The summed E-state index contributed by atoms with van der Waals surface area (Å²) in [5, 5.41) is 2.97. The molecule has 1 amide bonds. The van der Waals surface area contributed by atoms with Gasteiger partial charge in [-0.2, -0.15) is 0 Å². The van der Waals surface area contributed by atoms with Crippen molar-refractivity contribution in [3.05, 3.63) is 29.8 Å². The molecule has 1 atom stereocenters. The number of carbonyl (C=O) groups is 1. The SMILES string of the molecule is CC(C)c1ccccc1NC(=O)[C@@H]1CCCO1. The quantitative estimate of drug-likeness (QED) is 0.871. The minimum Gasteiger partial charge on any atom is -0.368 e. The summed E-state index contributed by atoms with van der Waals surface area (Å²) in [6.07, 6.45) is 1.54. The summed E-state index contributed by atoms with van der Waals surface area (Å²) in [4.78, 5) is 12.0. The third-order valence-corrected chi connectivity index (χ3v) is 3.06. The van der Waals surface area contributed by atoms with E-state index in [1.54, 1.807) is 0 Å². The summed E-state index contributed by atoms with van der Waals surface area (Å²) in [5.74, 6) is 0.381. The predicted octanol–water partition coefficient (Wildman–Crippen LogP) is 2.93. The van der Waals surface area contributed by atoms with Crippen LogP contribution < -0.4 is 5.32 Å². The van der Waals surface area contributed by atoms with Crippen molar-refractivity contribution < 1.29 is 9.53 Å². The van der Waals surface area contributed by atoms with E-state index in [1.165, 1.54) is 5.56 Å². The van der Waals surface area contributed by atoms with Crippen molar-refractivity contribution in [2.75, 3.05) is 11.9 Å². The van der Waals surface area contributed by atoms with Crippen molar-refractivity contribution in [3.63, 3.8) is 0 Å². The van der Waals surface area contributed by atoms with Gasteiger partial charge < -0.3 is 10.1 Å². The molecule has 2 rings (SSSR count). The molecule has 1 aromatic carbocycles. The third kappa shape index (κ3) is 2.86. The number of ether oxygens (including phenoxy) is 1. The van der Waals surface area contributed by atoms with Gasteiger partial charge in [0.25, 0.3) is 5.91 Å². The Balaban J connectivity index is 2.09. The highest BCUT2D eigenvalue weighted by molar-refractivity contribution is 5.95. The Labute approximate surface area is 102 Å². The topological polar surface area (TPSA) is 38.3 Å². The van der Waals surface area contributed by atoms with Crippen LogP contribution >= 0.6 is 0 Å². The van der Waals surface area contributed by atoms with Crippen molar-refractivity contribution in [1.29, 1.82) is 0 Å². The molecule has 1 heterocycles. The van der Waals surface area contributed by atoms with Gasteiger partial charge in [0.1, 0.15) is 6.10 Å². The number of benzene rings is 1. The number of carbonyl (C=O) groups excluding carboxylic acids is 1. The van der Waals surface area contributed by atoms with Crippen LogP contribution in [0.25, 0.3) is 0 Å². The molecule has 0 saturated carbocycles. The van der Waals surface area contributed by atoms with Crippen LogP contribution in [0.3, 0.4) is 0 Å². The molecule has 1 aliphatic rings. The molecule has 17 heavy (non-hydrogen) atoms. The molecule has 0 bridgehead atoms. The largest absolute Gasteiger partial charge is 0.368 e. The highest BCUT2D eigenvalue weighted by atomic mass is 16.5. The van der Waals surface area contributed by atoms with E-state index < -0.39 is 0 Å². The van der Waals surface area contributed by atoms with Gasteiger partial charge in [-0.3, -0.25) is 4.79 Å². The van der Waals surface area contributed by atoms with Crippen LogP contribution in [-0.2, 0) is 9.53 Å². The van der Waals surface area contributed by atoms with E-state index in [9.17, 15) is 4.79 Å². The zero-order valence-electron chi connectivity index (χ0n) is 10.4. The second-order valence-corrected chi connectivity index (χ2v) is 4.73. The molecule has 1 fully saturated rings. The van der Waals surface area contributed by atoms with Gasteiger partial charge in [0.05, 0.1) is 0 Å². The fourth-order valence-corrected chi connectivity index (χ4v) is 2.11. The first-order valence-corrected chi connectivity index (χ1v) is 6.20. The molecule has 1 aliphatic heterocycles. The van der Waals surface area contributed by atoms with Crippen molar-refractivity contribution in [2.24, 2.45) is 0 Å². The fourth-order valence-electron chi connectivity index (χ4n) is 2.11. The Morgan fingerprint density at radius 3 is 2.82 bits per heavy atom. The molecule has 0 aliphatic carbocycles. The maximum absolute atomic E-state index is 12.0. The monoisotopic (exact) mass is 233 g/mol. The van der Waals surface area contributed by atoms with Gasteiger partial charge in [-0.1, -0.05) is 32.0 Å². The zero-order chi connectivity index (χ0) is 12.3. The van der Waals surface area contributed by atoms with Crippen LogP contribution in [0.5, 0.6) is 0 Å². The Morgan fingerprint density at radius 1 is 1.41 bits per heavy atom. The van der Waals surface area contributed by atoms with E-state index in [1.807, 2.05) is 18.2 Å². The Hall–Kier alpha value is -1.35. The van der Waals surface area contributed by atoms with Gasteiger partial charge in [-0.05, 0) is 30.4 Å². The highest BCUT2D eigenvalue weighted by Crippen LogP contribution is 2.24. The number of hydrogen-bond acceptors (Lipinski definition) is 2. The lowest BCUT2D eigenvalue weighted by Gasteiger charge is -2.15. The summed E-state index contributed by atoms with van der Waals surface area (Å²) in [5.41, 5.74) is 2.07. The van der Waals surface area contributed by atoms with Crippen LogP contribution in [0.2, 0.25) is 0 Å². The van der Waals surface area contributed by atoms with E-state index in [4.69, 9.17) is 4.74 Å². The molecule has 1 aromatic rings. The Bertz CT molecular complexity index is 395. The van der Waals surface area contributed by atoms with Crippen LogP contribution in [0.4, 0.5) is 5.69 Å². The van der Waals surface area contributed by atoms with Gasteiger partial charge in [-0.25, -0.2) is 0 Å². The van der Waals surface area contributed by atoms with Crippen LogP contribution in [0, 0.1) is 0 Å². The lowest BCUT2D eigenvalue weighted by atomic mass is 10.0. The van der Waals surface area contributed by atoms with Gasteiger partial charge in [0, 0.05) is 12.3 Å². The molecule has 0 unspecified atom stereocenters. The normalized spacial score (nSPS) is 19.6. The summed E-state index contributed by atoms with van der Waals surface area (Å²) >= 11 is 0. The van der Waals surface area contributed by atoms with E-state index in [0.717, 1.165) is 18.5 Å². The van der Waals surface area contributed by atoms with Crippen LogP contribution in [-0.4, -0.2) is 18.6 Å². The molecule has 0 spiro atoms. The molecular weight excluding hydrogens is 214 g/mol. The number of rotatable bonds is 3. The van der Waals surface area contributed by atoms with Crippen molar-refractivity contribution in [3.8, 4) is 0 Å². The maximum atomic E-state index is 12.0. The van der Waals surface area contributed by atoms with Crippen molar-refractivity contribution >= 4 is 11.6 Å². The molecule has 3 heteroatoms. The first kappa shape index (κ1) is 12.1. The molecule has 0 aromatic heterocycles. The minimum atomic E-state index is -0.268. The van der Waals surface area contributed by atoms with Crippen molar-refractivity contribution in [1.82, 2.24) is 0 Å². The van der Waals surface area contributed by atoms with E-state index in [0.29, 0.717) is 12.5 Å². The lowest BCUT2D eigenvalue weighted by Crippen LogP contribution is -2.27. The second-order valence-electron chi connectivity index (χ2n) is 4.73. The first-order valence-electron chi connectivity index (χ1n) is 6.20. The zero-order valence-corrected chi connectivity index (χ0v) is 10.4. The summed E-state index contributed by atoms with van der Waals surface area (Å²) < 4.78 is 5.38. The molecule has 3 nitrogen and oxygen atoms in total. The predicted molar refractivity (Wildman–Crippen MR) is 68.1 cm³/mol. The molecule has 1 saturated heterocycles. The highest BCUT2D eigenvalue weighted by Gasteiger charge is 2.24. The van der Waals surface area contributed by atoms with E-state index in [-0.39, 0.29) is 12.0 Å². The van der Waals surface area contributed by atoms with Crippen LogP contribution in [0.15, 0.2) is 24.3 Å². The van der Waals surface area contributed by atoms with Gasteiger partial charge in [0.15, 0.2) is 0 Å². The summed E-state index contributed by atoms with van der Waals surface area (Å²) in [6, 6.07) is 7.94. The smallest absolute Gasteiger partial charge is 0.253 e. The number of nitrogens with one attached hydrogen (secondary N) is 1. The average Bonchev–Trinajstić information content (AvgIpc) is 2.83. The average molecular weight is 233 g/mol. The number of para-hydroxylation sites is 1. The summed E-state index contributed by atoms with van der Waals surface area (Å²) in [7, 11) is 0. The van der Waals surface area contributed by atoms with E-state index >= 15 is 0 Å². The second kappa shape index (κ2) is 5.32. The molecular formula is C14H19NO2. The standard InChI is InChI=1S/C14H19NO2/c1-10(2)11-6-3-4-7-12(11)15-14(16)13-8-5-9-17-13/h3-4,6-7,10,13H,5,8-9H2,1-2H3,(H,15,16)/t13-/m0/s1. The maximum Gasteiger partial charge on any atom is 0.253 e. The number of hydrogen-bond donors (Lipinski definition) is 1. The van der Waals surface area contributed by atoms with Gasteiger partial charge in [0.2, 0.25) is 0 Å². The third-order valence-electron chi connectivity index (χ3n) is 3.06. The van der Waals surface area contributed by atoms with Gasteiger partial charge in [-0.15, -0.1) is 0 Å². The minimum absolute atomic E-state index is 0.0180. The fraction of sp³-hybridized carbons (Fsp3) is 0.500. The first-order chi connectivity index (χ1) is 8.18. The molecule has 92 valence electrons.